The van der Waals surface area contributed by atoms with Crippen molar-refractivity contribution < 1.29 is 0 Å². The van der Waals surface area contributed by atoms with Crippen LogP contribution in [0.15, 0.2) is 29.5 Å². The van der Waals surface area contributed by atoms with Crippen LogP contribution < -0.4 is 0 Å². The summed E-state index contributed by atoms with van der Waals surface area (Å²) in [6.45, 7) is 0. The molecule has 3 nitrogen and oxygen atoms in total. The van der Waals surface area contributed by atoms with Crippen LogP contribution in [0.2, 0.25) is 0 Å². The Kier molecular flexibility index (Phi) is 3.21. The van der Waals surface area contributed by atoms with Gasteiger partial charge in [0.15, 0.2) is 0 Å². The molecule has 2 rings (SSSR count). The predicted octanol–water partition coefficient (Wildman–Crippen LogP) is 2.28. The summed E-state index contributed by atoms with van der Waals surface area (Å²) < 4.78 is 0. The SMILES string of the molecule is CN1[C@H](N=C=S)CC[C@H]1c1cccnc1. The molecule has 1 aromatic rings. The van der Waals surface area contributed by atoms with Gasteiger partial charge in [-0.05, 0) is 43.7 Å². The van der Waals surface area contributed by atoms with Crippen LogP contribution in [0, 0.1) is 0 Å². The second-order valence-corrected chi connectivity index (χ2v) is 3.93. The number of rotatable bonds is 2. The molecule has 0 radical (unpaired) electrons. The minimum absolute atomic E-state index is 0.188. The monoisotopic (exact) mass is 219 g/mol. The summed E-state index contributed by atoms with van der Waals surface area (Å²) in [5.41, 5.74) is 1.25. The minimum atomic E-state index is 0.188. The van der Waals surface area contributed by atoms with Crippen molar-refractivity contribution in [2.24, 2.45) is 4.99 Å². The first-order valence-electron chi connectivity index (χ1n) is 5.02. The lowest BCUT2D eigenvalue weighted by Gasteiger charge is -2.22. The van der Waals surface area contributed by atoms with E-state index in [1.54, 1.807) is 6.20 Å². The molecule has 78 valence electrons. The van der Waals surface area contributed by atoms with Gasteiger partial charge < -0.3 is 0 Å². The molecule has 15 heavy (non-hydrogen) atoms. The van der Waals surface area contributed by atoms with Crippen LogP contribution in [0.4, 0.5) is 0 Å². The molecule has 0 amide bonds. The number of isothiocyanates is 1. The molecule has 1 saturated heterocycles. The smallest absolute Gasteiger partial charge is 0.113 e. The fourth-order valence-electron chi connectivity index (χ4n) is 2.11. The first kappa shape index (κ1) is 10.4. The molecular formula is C11H13N3S. The van der Waals surface area contributed by atoms with Gasteiger partial charge >= 0.3 is 0 Å². The van der Waals surface area contributed by atoms with Crippen molar-refractivity contribution in [3.05, 3.63) is 30.1 Å². The third kappa shape index (κ3) is 2.12. The van der Waals surface area contributed by atoms with E-state index in [1.165, 1.54) is 5.56 Å². The van der Waals surface area contributed by atoms with Gasteiger partial charge in [0.1, 0.15) is 6.17 Å². The van der Waals surface area contributed by atoms with Gasteiger partial charge in [-0.25, -0.2) is 4.99 Å². The first-order valence-corrected chi connectivity index (χ1v) is 5.42. The summed E-state index contributed by atoms with van der Waals surface area (Å²) in [5.74, 6) is 0. The molecule has 2 atom stereocenters. The number of thiocarbonyl (C=S) groups is 1. The van der Waals surface area contributed by atoms with Crippen LogP contribution in [0.1, 0.15) is 24.4 Å². The van der Waals surface area contributed by atoms with Crippen LogP contribution >= 0.6 is 12.2 Å². The average molecular weight is 219 g/mol. The van der Waals surface area contributed by atoms with Crippen molar-refractivity contribution >= 4 is 17.4 Å². The van der Waals surface area contributed by atoms with Crippen LogP contribution in [-0.4, -0.2) is 28.3 Å². The molecule has 0 aromatic carbocycles. The lowest BCUT2D eigenvalue weighted by atomic mass is 10.1. The van der Waals surface area contributed by atoms with Gasteiger partial charge in [0.05, 0.1) is 5.16 Å². The predicted molar refractivity (Wildman–Crippen MR) is 62.8 cm³/mol. The van der Waals surface area contributed by atoms with Crippen molar-refractivity contribution in [1.29, 1.82) is 0 Å². The zero-order chi connectivity index (χ0) is 10.7. The molecule has 2 heterocycles. The van der Waals surface area contributed by atoms with Gasteiger partial charge in [-0.1, -0.05) is 6.07 Å². The molecule has 0 N–H and O–H groups in total. The van der Waals surface area contributed by atoms with Crippen molar-refractivity contribution in [3.8, 4) is 0 Å². The van der Waals surface area contributed by atoms with E-state index in [0.29, 0.717) is 6.04 Å². The van der Waals surface area contributed by atoms with Crippen LogP contribution in [0.3, 0.4) is 0 Å². The molecule has 1 fully saturated rings. The number of pyridine rings is 1. The summed E-state index contributed by atoms with van der Waals surface area (Å²) in [4.78, 5) is 10.5. The molecule has 4 heteroatoms. The van der Waals surface area contributed by atoms with E-state index in [4.69, 9.17) is 0 Å². The second-order valence-electron chi connectivity index (χ2n) is 3.75. The molecule has 0 unspecified atom stereocenters. The highest BCUT2D eigenvalue weighted by molar-refractivity contribution is 7.78. The fraction of sp³-hybridized carbons (Fsp3) is 0.455. The van der Waals surface area contributed by atoms with Crippen molar-refractivity contribution in [2.45, 2.75) is 25.0 Å². The van der Waals surface area contributed by atoms with Gasteiger partial charge in [-0.2, -0.15) is 0 Å². The highest BCUT2D eigenvalue weighted by Crippen LogP contribution is 2.34. The lowest BCUT2D eigenvalue weighted by molar-refractivity contribution is 0.250. The Hall–Kier alpha value is -1.09. The molecule has 1 aliphatic heterocycles. The summed E-state index contributed by atoms with van der Waals surface area (Å²) in [5, 5.41) is 2.46. The van der Waals surface area contributed by atoms with Gasteiger partial charge in [-0.3, -0.25) is 9.88 Å². The average Bonchev–Trinajstić information content (AvgIpc) is 2.63. The Labute approximate surface area is 94.8 Å². The number of hydrogen-bond acceptors (Lipinski definition) is 4. The molecule has 0 spiro atoms. The van der Waals surface area contributed by atoms with Crippen LogP contribution in [-0.2, 0) is 0 Å². The molecule has 1 aromatic heterocycles. The first-order chi connectivity index (χ1) is 7.33. The highest BCUT2D eigenvalue weighted by atomic mass is 32.1. The van der Waals surface area contributed by atoms with E-state index in [9.17, 15) is 0 Å². The van der Waals surface area contributed by atoms with E-state index in [-0.39, 0.29) is 6.17 Å². The number of hydrogen-bond donors (Lipinski definition) is 0. The maximum absolute atomic E-state index is 4.64. The Balaban J connectivity index is 2.17. The van der Waals surface area contributed by atoms with Crippen LogP contribution in [0.5, 0.6) is 0 Å². The molecule has 1 aliphatic rings. The number of aliphatic imine (C=N–C) groups is 1. The van der Waals surface area contributed by atoms with Gasteiger partial charge in [0.25, 0.3) is 0 Å². The van der Waals surface area contributed by atoms with Crippen molar-refractivity contribution in [2.75, 3.05) is 7.05 Å². The standard InChI is InChI=1S/C11H13N3S/c1-14-10(4-5-11(14)13-8-15)9-3-2-6-12-7-9/h2-3,6-7,10-11H,4-5H2,1H3/t10-,11-/m0/s1. The largest absolute Gasteiger partial charge is 0.277 e. The molecular weight excluding hydrogens is 206 g/mol. The topological polar surface area (TPSA) is 28.5 Å². The fourth-order valence-corrected chi connectivity index (χ4v) is 2.23. The maximum Gasteiger partial charge on any atom is 0.113 e. The highest BCUT2D eigenvalue weighted by Gasteiger charge is 2.30. The van der Waals surface area contributed by atoms with E-state index < -0.39 is 0 Å². The Morgan fingerprint density at radius 2 is 2.47 bits per heavy atom. The van der Waals surface area contributed by atoms with Gasteiger partial charge in [-0.15, -0.1) is 0 Å². The van der Waals surface area contributed by atoms with Crippen molar-refractivity contribution in [3.63, 3.8) is 0 Å². The van der Waals surface area contributed by atoms with Gasteiger partial charge in [0, 0.05) is 18.4 Å². The Morgan fingerprint density at radius 3 is 3.13 bits per heavy atom. The normalized spacial score (nSPS) is 26.2. The maximum atomic E-state index is 4.64. The minimum Gasteiger partial charge on any atom is -0.277 e. The summed E-state index contributed by atoms with van der Waals surface area (Å²) in [7, 11) is 2.07. The van der Waals surface area contributed by atoms with E-state index in [2.05, 4.69) is 45.4 Å². The molecule has 0 aliphatic carbocycles. The summed E-state index contributed by atoms with van der Waals surface area (Å²) >= 11 is 4.64. The zero-order valence-corrected chi connectivity index (χ0v) is 9.44. The lowest BCUT2D eigenvalue weighted by Crippen LogP contribution is -2.25. The Morgan fingerprint density at radius 1 is 1.60 bits per heavy atom. The molecule has 0 saturated carbocycles. The number of aromatic nitrogens is 1. The summed E-state index contributed by atoms with van der Waals surface area (Å²) in [6, 6.07) is 4.49. The van der Waals surface area contributed by atoms with E-state index in [0.717, 1.165) is 12.8 Å². The quantitative estimate of drug-likeness (QED) is 0.564. The number of nitrogens with zero attached hydrogens (tertiary/aromatic N) is 3. The van der Waals surface area contributed by atoms with Crippen LogP contribution in [0.25, 0.3) is 0 Å². The Bertz CT molecular complexity index is 373. The second kappa shape index (κ2) is 4.62. The third-order valence-corrected chi connectivity index (χ3v) is 3.04. The number of likely N-dealkylation sites (tertiary alicyclic amines) is 1. The van der Waals surface area contributed by atoms with Crippen molar-refractivity contribution in [1.82, 2.24) is 9.88 Å². The van der Waals surface area contributed by atoms with E-state index >= 15 is 0 Å². The van der Waals surface area contributed by atoms with E-state index in [1.807, 2.05) is 12.3 Å². The molecule has 0 bridgehead atoms. The zero-order valence-electron chi connectivity index (χ0n) is 8.63. The third-order valence-electron chi connectivity index (χ3n) is 2.93. The summed E-state index contributed by atoms with van der Waals surface area (Å²) in [6.07, 6.45) is 6.05. The van der Waals surface area contributed by atoms with Gasteiger partial charge in [0.2, 0.25) is 0 Å².